The van der Waals surface area contributed by atoms with E-state index in [2.05, 4.69) is 5.10 Å². The molecule has 122 valence electrons. The van der Waals surface area contributed by atoms with E-state index in [1.54, 1.807) is 18.2 Å². The number of hydrogen-bond donors (Lipinski definition) is 0. The SMILES string of the molecule is Cc1nn(C(C)(C)C)c(C)c1C(=O)Oc1ccc2c(c1)OCO2. The van der Waals surface area contributed by atoms with Crippen LogP contribution < -0.4 is 14.2 Å². The van der Waals surface area contributed by atoms with Crippen molar-refractivity contribution in [2.24, 2.45) is 0 Å². The van der Waals surface area contributed by atoms with E-state index in [1.165, 1.54) is 0 Å². The molecule has 2 heterocycles. The summed E-state index contributed by atoms with van der Waals surface area (Å²) in [6.45, 7) is 9.99. The number of benzene rings is 1. The summed E-state index contributed by atoms with van der Waals surface area (Å²) in [5.74, 6) is 1.22. The average Bonchev–Trinajstić information content (AvgIpc) is 3.02. The van der Waals surface area contributed by atoms with E-state index in [-0.39, 0.29) is 12.3 Å². The van der Waals surface area contributed by atoms with E-state index in [9.17, 15) is 4.79 Å². The van der Waals surface area contributed by atoms with Crippen LogP contribution in [0.5, 0.6) is 17.2 Å². The molecule has 1 aromatic heterocycles. The Hall–Kier alpha value is -2.50. The fraction of sp³-hybridized carbons (Fsp3) is 0.412. The highest BCUT2D eigenvalue weighted by Gasteiger charge is 2.26. The van der Waals surface area contributed by atoms with Crippen LogP contribution in [0.15, 0.2) is 18.2 Å². The lowest BCUT2D eigenvalue weighted by atomic mass is 10.1. The molecule has 0 saturated heterocycles. The van der Waals surface area contributed by atoms with E-state index in [0.29, 0.717) is 28.5 Å². The van der Waals surface area contributed by atoms with Gasteiger partial charge in [-0.05, 0) is 46.8 Å². The third-order valence-electron chi connectivity index (χ3n) is 3.69. The highest BCUT2D eigenvalue weighted by Crippen LogP contribution is 2.35. The van der Waals surface area contributed by atoms with Gasteiger partial charge in [-0.2, -0.15) is 5.10 Å². The lowest BCUT2D eigenvalue weighted by Crippen LogP contribution is -2.25. The number of nitrogens with zero attached hydrogens (tertiary/aromatic N) is 2. The number of carbonyl (C=O) groups excluding carboxylic acids is 1. The van der Waals surface area contributed by atoms with Gasteiger partial charge in [0.25, 0.3) is 0 Å². The summed E-state index contributed by atoms with van der Waals surface area (Å²) in [5.41, 5.74) is 1.74. The van der Waals surface area contributed by atoms with Gasteiger partial charge in [-0.25, -0.2) is 4.79 Å². The second-order valence-corrected chi connectivity index (χ2v) is 6.53. The molecule has 1 aliphatic rings. The summed E-state index contributed by atoms with van der Waals surface area (Å²) in [6.07, 6.45) is 0. The molecule has 0 bridgehead atoms. The van der Waals surface area contributed by atoms with Gasteiger partial charge in [-0.15, -0.1) is 0 Å². The minimum atomic E-state index is -0.422. The first kappa shape index (κ1) is 15.4. The fourth-order valence-corrected chi connectivity index (χ4v) is 2.69. The number of aryl methyl sites for hydroxylation is 1. The largest absolute Gasteiger partial charge is 0.454 e. The Kier molecular flexibility index (Phi) is 3.55. The number of aromatic nitrogens is 2. The monoisotopic (exact) mass is 316 g/mol. The molecule has 6 nitrogen and oxygen atoms in total. The minimum absolute atomic E-state index is 0.184. The van der Waals surface area contributed by atoms with Crippen LogP contribution in [-0.2, 0) is 5.54 Å². The van der Waals surface area contributed by atoms with Crippen LogP contribution in [0.3, 0.4) is 0 Å². The molecular formula is C17H20N2O4. The molecule has 0 fully saturated rings. The predicted octanol–water partition coefficient (Wildman–Crippen LogP) is 3.20. The zero-order valence-corrected chi connectivity index (χ0v) is 14.0. The Morgan fingerprint density at radius 2 is 1.91 bits per heavy atom. The molecule has 0 unspecified atom stereocenters. The van der Waals surface area contributed by atoms with Gasteiger partial charge in [0.15, 0.2) is 11.5 Å². The highest BCUT2D eigenvalue weighted by atomic mass is 16.7. The van der Waals surface area contributed by atoms with E-state index >= 15 is 0 Å². The van der Waals surface area contributed by atoms with Gasteiger partial charge in [-0.3, -0.25) is 4.68 Å². The molecule has 3 rings (SSSR count). The van der Waals surface area contributed by atoms with Gasteiger partial charge in [0.1, 0.15) is 11.3 Å². The van der Waals surface area contributed by atoms with Crippen molar-refractivity contribution >= 4 is 5.97 Å². The van der Waals surface area contributed by atoms with Gasteiger partial charge < -0.3 is 14.2 Å². The first-order valence-corrected chi connectivity index (χ1v) is 7.46. The van der Waals surface area contributed by atoms with Crippen molar-refractivity contribution in [1.29, 1.82) is 0 Å². The quantitative estimate of drug-likeness (QED) is 0.629. The summed E-state index contributed by atoms with van der Waals surface area (Å²) in [6, 6.07) is 5.06. The lowest BCUT2D eigenvalue weighted by Gasteiger charge is -2.21. The molecular weight excluding hydrogens is 296 g/mol. The maximum Gasteiger partial charge on any atom is 0.347 e. The normalized spacial score (nSPS) is 13.3. The molecule has 6 heteroatoms. The minimum Gasteiger partial charge on any atom is -0.454 e. The van der Waals surface area contributed by atoms with Gasteiger partial charge in [0.05, 0.1) is 16.9 Å². The number of rotatable bonds is 2. The Balaban J connectivity index is 1.88. The van der Waals surface area contributed by atoms with Crippen LogP contribution in [0, 0.1) is 13.8 Å². The van der Waals surface area contributed by atoms with Crippen LogP contribution in [-0.4, -0.2) is 22.5 Å². The molecule has 1 aliphatic heterocycles. The van der Waals surface area contributed by atoms with E-state index < -0.39 is 5.97 Å². The van der Waals surface area contributed by atoms with Crippen molar-refractivity contribution in [3.05, 3.63) is 35.2 Å². The zero-order chi connectivity index (χ0) is 16.8. The van der Waals surface area contributed by atoms with Crippen LogP contribution in [0.1, 0.15) is 42.5 Å². The van der Waals surface area contributed by atoms with E-state index in [1.807, 2.05) is 39.3 Å². The average molecular weight is 316 g/mol. The van der Waals surface area contributed by atoms with Crippen LogP contribution in [0.4, 0.5) is 0 Å². The molecule has 0 amide bonds. The Morgan fingerprint density at radius 3 is 2.57 bits per heavy atom. The van der Waals surface area contributed by atoms with E-state index in [4.69, 9.17) is 14.2 Å². The first-order valence-electron chi connectivity index (χ1n) is 7.46. The summed E-state index contributed by atoms with van der Waals surface area (Å²) in [5, 5.41) is 4.47. The number of hydrogen-bond acceptors (Lipinski definition) is 5. The summed E-state index contributed by atoms with van der Waals surface area (Å²) in [7, 11) is 0. The maximum atomic E-state index is 12.5. The molecule has 23 heavy (non-hydrogen) atoms. The fourth-order valence-electron chi connectivity index (χ4n) is 2.69. The molecule has 0 N–H and O–H groups in total. The van der Waals surface area contributed by atoms with Crippen LogP contribution in [0.25, 0.3) is 0 Å². The molecule has 2 aromatic rings. The lowest BCUT2D eigenvalue weighted by molar-refractivity contribution is 0.0733. The summed E-state index contributed by atoms with van der Waals surface area (Å²) >= 11 is 0. The van der Waals surface area contributed by atoms with Crippen molar-refractivity contribution < 1.29 is 19.0 Å². The smallest absolute Gasteiger partial charge is 0.347 e. The van der Waals surface area contributed by atoms with Crippen molar-refractivity contribution in [1.82, 2.24) is 9.78 Å². The Bertz CT molecular complexity index is 772. The number of esters is 1. The topological polar surface area (TPSA) is 62.6 Å². The number of ether oxygens (including phenoxy) is 3. The van der Waals surface area contributed by atoms with Crippen molar-refractivity contribution in [3.8, 4) is 17.2 Å². The van der Waals surface area contributed by atoms with Gasteiger partial charge in [0.2, 0.25) is 6.79 Å². The third kappa shape index (κ3) is 2.76. The molecule has 1 aromatic carbocycles. The Morgan fingerprint density at radius 1 is 1.22 bits per heavy atom. The molecule has 0 saturated carbocycles. The van der Waals surface area contributed by atoms with Crippen molar-refractivity contribution in [2.45, 2.75) is 40.2 Å². The summed E-state index contributed by atoms with van der Waals surface area (Å²) in [4.78, 5) is 12.5. The number of carbonyl (C=O) groups is 1. The van der Waals surface area contributed by atoms with Gasteiger partial charge in [-0.1, -0.05) is 0 Å². The van der Waals surface area contributed by atoms with Crippen LogP contribution in [0.2, 0.25) is 0 Å². The molecule has 0 spiro atoms. The zero-order valence-electron chi connectivity index (χ0n) is 14.0. The Labute approximate surface area is 135 Å². The maximum absolute atomic E-state index is 12.5. The van der Waals surface area contributed by atoms with Gasteiger partial charge >= 0.3 is 5.97 Å². The van der Waals surface area contributed by atoms with Crippen LogP contribution >= 0.6 is 0 Å². The third-order valence-corrected chi connectivity index (χ3v) is 3.69. The second-order valence-electron chi connectivity index (χ2n) is 6.53. The van der Waals surface area contributed by atoms with E-state index in [0.717, 1.165) is 5.69 Å². The second kappa shape index (κ2) is 5.30. The first-order chi connectivity index (χ1) is 10.8. The van der Waals surface area contributed by atoms with Crippen molar-refractivity contribution in [3.63, 3.8) is 0 Å². The summed E-state index contributed by atoms with van der Waals surface area (Å²) < 4.78 is 17.9. The number of fused-ring (bicyclic) bond motifs is 1. The predicted molar refractivity (Wildman–Crippen MR) is 84.2 cm³/mol. The standard InChI is InChI=1S/C17H20N2O4/c1-10-15(11(2)19(18-10)17(3,4)5)16(20)23-12-6-7-13-14(8-12)22-9-21-13/h6-8H,9H2,1-5H3. The van der Waals surface area contributed by atoms with Crippen molar-refractivity contribution in [2.75, 3.05) is 6.79 Å². The molecule has 0 aliphatic carbocycles. The molecule has 0 atom stereocenters. The highest BCUT2D eigenvalue weighted by molar-refractivity contribution is 5.93. The van der Waals surface area contributed by atoms with Gasteiger partial charge in [0, 0.05) is 6.07 Å². The molecule has 0 radical (unpaired) electrons.